The number of hydrogen-bond acceptors (Lipinski definition) is 4. The van der Waals surface area contributed by atoms with Crippen LogP contribution in [0.25, 0.3) is 0 Å². The number of cyclic esters (lactones) is 1. The summed E-state index contributed by atoms with van der Waals surface area (Å²) in [6.45, 7) is 3.66. The Balaban J connectivity index is 1.82. The Morgan fingerprint density at radius 3 is 2.74 bits per heavy atom. The lowest BCUT2D eigenvalue weighted by Gasteiger charge is -2.27. The van der Waals surface area contributed by atoms with Gasteiger partial charge in [-0.25, -0.2) is 4.79 Å². The van der Waals surface area contributed by atoms with E-state index in [0.717, 1.165) is 11.1 Å². The fraction of sp³-hybridized carbons (Fsp3) is 0.471. The van der Waals surface area contributed by atoms with Crippen molar-refractivity contribution in [2.24, 2.45) is 5.92 Å². The summed E-state index contributed by atoms with van der Waals surface area (Å²) < 4.78 is 5.34. The third-order valence-corrected chi connectivity index (χ3v) is 4.53. The van der Waals surface area contributed by atoms with Gasteiger partial charge < -0.3 is 10.1 Å². The molecule has 0 spiro atoms. The molecule has 1 saturated heterocycles. The minimum absolute atomic E-state index is 0.0734. The smallest absolute Gasteiger partial charge is 0.410 e. The normalized spacial score (nSPS) is 25.9. The van der Waals surface area contributed by atoms with Crippen LogP contribution < -0.4 is 5.32 Å². The molecule has 1 fully saturated rings. The highest BCUT2D eigenvalue weighted by atomic mass is 16.6. The van der Waals surface area contributed by atoms with E-state index in [2.05, 4.69) is 5.32 Å². The Hall–Kier alpha value is -2.37. The van der Waals surface area contributed by atoms with Crippen LogP contribution >= 0.6 is 0 Å². The molecule has 3 unspecified atom stereocenters. The molecule has 6 heteroatoms. The maximum absolute atomic E-state index is 12.3. The predicted molar refractivity (Wildman–Crippen MR) is 82.7 cm³/mol. The van der Waals surface area contributed by atoms with Gasteiger partial charge in [-0.05, 0) is 24.5 Å². The number of nitrogens with one attached hydrogen (secondary N) is 1. The van der Waals surface area contributed by atoms with Crippen LogP contribution in [0.4, 0.5) is 4.79 Å². The second-order valence-corrected chi connectivity index (χ2v) is 6.16. The third kappa shape index (κ3) is 2.93. The topological polar surface area (TPSA) is 75.7 Å². The number of nitrogens with zero attached hydrogens (tertiary/aromatic N) is 1. The van der Waals surface area contributed by atoms with Gasteiger partial charge in [-0.3, -0.25) is 14.5 Å². The molecule has 0 bridgehead atoms. The van der Waals surface area contributed by atoms with Crippen molar-refractivity contribution < 1.29 is 19.1 Å². The summed E-state index contributed by atoms with van der Waals surface area (Å²) in [7, 11) is 0. The average Bonchev–Trinajstić information content (AvgIpc) is 3.05. The Kier molecular flexibility index (Phi) is 4.07. The van der Waals surface area contributed by atoms with Gasteiger partial charge in [-0.15, -0.1) is 0 Å². The molecule has 0 saturated carbocycles. The highest BCUT2D eigenvalue weighted by Crippen LogP contribution is 2.42. The zero-order chi connectivity index (χ0) is 16.6. The SMILES string of the molecule is CC(=O)NCC1CN(C2c3ccccc3CC2C(C)=O)C(=O)O1. The van der Waals surface area contributed by atoms with Crippen LogP contribution in [0.15, 0.2) is 24.3 Å². The maximum atomic E-state index is 12.3. The van der Waals surface area contributed by atoms with E-state index in [1.54, 1.807) is 11.8 Å². The van der Waals surface area contributed by atoms with Crippen LogP contribution in [0.2, 0.25) is 0 Å². The van der Waals surface area contributed by atoms with Gasteiger partial charge in [0.25, 0.3) is 0 Å². The number of benzene rings is 1. The van der Waals surface area contributed by atoms with E-state index in [4.69, 9.17) is 4.74 Å². The van der Waals surface area contributed by atoms with E-state index >= 15 is 0 Å². The lowest BCUT2D eigenvalue weighted by atomic mass is 9.95. The summed E-state index contributed by atoms with van der Waals surface area (Å²) in [5.41, 5.74) is 2.13. The van der Waals surface area contributed by atoms with Crippen molar-refractivity contribution in [1.82, 2.24) is 10.2 Å². The van der Waals surface area contributed by atoms with E-state index in [1.807, 2.05) is 24.3 Å². The molecule has 1 aliphatic heterocycles. The van der Waals surface area contributed by atoms with Gasteiger partial charge in [0, 0.05) is 12.8 Å². The van der Waals surface area contributed by atoms with E-state index < -0.39 is 6.09 Å². The monoisotopic (exact) mass is 316 g/mol. The molecule has 0 aromatic heterocycles. The molecule has 6 nitrogen and oxygen atoms in total. The first-order valence-electron chi connectivity index (χ1n) is 7.77. The zero-order valence-electron chi connectivity index (χ0n) is 13.2. The summed E-state index contributed by atoms with van der Waals surface area (Å²) in [5.74, 6) is -0.323. The fourth-order valence-electron chi connectivity index (χ4n) is 3.46. The molecule has 2 aliphatic rings. The number of fused-ring (bicyclic) bond motifs is 1. The van der Waals surface area contributed by atoms with Gasteiger partial charge in [0.2, 0.25) is 5.91 Å². The second-order valence-electron chi connectivity index (χ2n) is 6.16. The summed E-state index contributed by atoms with van der Waals surface area (Å²) in [4.78, 5) is 37.0. The molecule has 0 radical (unpaired) electrons. The van der Waals surface area contributed by atoms with Crippen molar-refractivity contribution in [2.45, 2.75) is 32.4 Å². The lowest BCUT2D eigenvalue weighted by Crippen LogP contribution is -2.37. The van der Waals surface area contributed by atoms with Crippen LogP contribution in [-0.4, -0.2) is 41.9 Å². The number of carbonyl (C=O) groups excluding carboxylic acids is 3. The molecular weight excluding hydrogens is 296 g/mol. The first kappa shape index (κ1) is 15.5. The number of Topliss-reactive ketones (excluding diaryl/α,β-unsaturated/α-hetero) is 1. The molecular formula is C17H20N2O4. The molecule has 2 amide bonds. The zero-order valence-corrected chi connectivity index (χ0v) is 13.2. The van der Waals surface area contributed by atoms with Crippen molar-refractivity contribution in [3.05, 3.63) is 35.4 Å². The highest BCUT2D eigenvalue weighted by Gasteiger charge is 2.45. The number of carbonyl (C=O) groups is 3. The van der Waals surface area contributed by atoms with Gasteiger partial charge in [0.15, 0.2) is 0 Å². The largest absolute Gasteiger partial charge is 0.442 e. The average molecular weight is 316 g/mol. The molecule has 122 valence electrons. The number of ketones is 1. The Morgan fingerprint density at radius 2 is 2.04 bits per heavy atom. The van der Waals surface area contributed by atoms with Gasteiger partial charge in [0.1, 0.15) is 11.9 Å². The van der Waals surface area contributed by atoms with Crippen LogP contribution in [0.1, 0.15) is 31.0 Å². The van der Waals surface area contributed by atoms with Gasteiger partial charge in [0.05, 0.1) is 19.1 Å². The highest BCUT2D eigenvalue weighted by molar-refractivity contribution is 5.82. The minimum atomic E-state index is -0.423. The second kappa shape index (κ2) is 6.02. The van der Waals surface area contributed by atoms with Crippen LogP contribution in [0.5, 0.6) is 0 Å². The van der Waals surface area contributed by atoms with Gasteiger partial charge in [-0.2, -0.15) is 0 Å². The quantitative estimate of drug-likeness (QED) is 0.912. The van der Waals surface area contributed by atoms with Crippen LogP contribution in [-0.2, 0) is 20.7 Å². The molecule has 3 atom stereocenters. The molecule has 1 aliphatic carbocycles. The summed E-state index contributed by atoms with van der Waals surface area (Å²) in [6.07, 6.45) is -0.156. The lowest BCUT2D eigenvalue weighted by molar-refractivity contribution is -0.122. The number of hydrogen-bond donors (Lipinski definition) is 1. The Bertz CT molecular complexity index is 658. The Labute approximate surface area is 134 Å². The van der Waals surface area contributed by atoms with Gasteiger partial charge >= 0.3 is 6.09 Å². The minimum Gasteiger partial charge on any atom is -0.442 e. The fourth-order valence-corrected chi connectivity index (χ4v) is 3.46. The molecule has 3 rings (SSSR count). The van der Waals surface area contributed by atoms with Crippen LogP contribution in [0, 0.1) is 5.92 Å². The standard InChI is InChI=1S/C17H20N2O4/c1-10(20)15-7-12-5-3-4-6-14(12)16(15)19-9-13(23-17(19)22)8-18-11(2)21/h3-6,13,15-16H,7-9H2,1-2H3,(H,18,21). The van der Waals surface area contributed by atoms with E-state index in [0.29, 0.717) is 13.0 Å². The van der Waals surface area contributed by atoms with Crippen molar-refractivity contribution in [3.8, 4) is 0 Å². The first-order valence-corrected chi connectivity index (χ1v) is 7.77. The molecule has 1 heterocycles. The summed E-state index contributed by atoms with van der Waals surface area (Å²) in [5, 5.41) is 2.66. The summed E-state index contributed by atoms with van der Waals surface area (Å²) in [6, 6.07) is 7.56. The van der Waals surface area contributed by atoms with E-state index in [-0.39, 0.29) is 36.3 Å². The number of rotatable bonds is 4. The third-order valence-electron chi connectivity index (χ3n) is 4.53. The van der Waals surface area contributed by atoms with E-state index in [9.17, 15) is 14.4 Å². The first-order chi connectivity index (χ1) is 11.0. The van der Waals surface area contributed by atoms with Crippen molar-refractivity contribution >= 4 is 17.8 Å². The molecule has 23 heavy (non-hydrogen) atoms. The van der Waals surface area contributed by atoms with Crippen molar-refractivity contribution in [3.63, 3.8) is 0 Å². The Morgan fingerprint density at radius 1 is 1.30 bits per heavy atom. The molecule has 1 aromatic carbocycles. The number of amides is 2. The van der Waals surface area contributed by atoms with Gasteiger partial charge in [-0.1, -0.05) is 24.3 Å². The maximum Gasteiger partial charge on any atom is 0.410 e. The van der Waals surface area contributed by atoms with Crippen LogP contribution in [0.3, 0.4) is 0 Å². The van der Waals surface area contributed by atoms with Crippen molar-refractivity contribution in [2.75, 3.05) is 13.1 Å². The summed E-state index contributed by atoms with van der Waals surface area (Å²) >= 11 is 0. The van der Waals surface area contributed by atoms with E-state index in [1.165, 1.54) is 6.92 Å². The number of ether oxygens (including phenoxy) is 1. The van der Waals surface area contributed by atoms with Crippen molar-refractivity contribution in [1.29, 1.82) is 0 Å². The molecule has 1 aromatic rings. The predicted octanol–water partition coefficient (Wildman–Crippen LogP) is 1.45. The molecule has 1 N–H and O–H groups in total.